The molecule has 1 N–H and O–H groups in total. The van der Waals surface area contributed by atoms with Crippen molar-refractivity contribution >= 4 is 34.6 Å². The molecule has 23 heavy (non-hydrogen) atoms. The third kappa shape index (κ3) is 3.03. The molecule has 0 aromatic heterocycles. The zero-order chi connectivity index (χ0) is 16.4. The summed E-state index contributed by atoms with van der Waals surface area (Å²) in [6.45, 7) is 1.06. The number of hydrogen-bond donors (Lipinski definition) is 1. The minimum absolute atomic E-state index is 0.256. The summed E-state index contributed by atoms with van der Waals surface area (Å²) in [5.41, 5.74) is 3.29. The van der Waals surface area contributed by atoms with Crippen LogP contribution in [0.3, 0.4) is 0 Å². The number of ether oxygens (including phenoxy) is 1. The summed E-state index contributed by atoms with van der Waals surface area (Å²) in [7, 11) is 0. The lowest BCUT2D eigenvalue weighted by Gasteiger charge is -2.21. The van der Waals surface area contributed by atoms with Gasteiger partial charge in [-0.3, -0.25) is 0 Å². The molecule has 0 unspecified atom stereocenters. The van der Waals surface area contributed by atoms with Gasteiger partial charge in [0.15, 0.2) is 5.75 Å². The van der Waals surface area contributed by atoms with E-state index in [1.807, 2.05) is 6.07 Å². The number of rotatable bonds is 4. The molecule has 0 atom stereocenters. The first-order valence-corrected chi connectivity index (χ1v) is 8.07. The largest absolute Gasteiger partial charge is 0.508 e. The Bertz CT molecular complexity index is 787. The van der Waals surface area contributed by atoms with Gasteiger partial charge in [0, 0.05) is 17.9 Å². The van der Waals surface area contributed by atoms with Gasteiger partial charge in [0.05, 0.1) is 16.5 Å². The van der Waals surface area contributed by atoms with Gasteiger partial charge in [-0.1, -0.05) is 11.6 Å². The van der Waals surface area contributed by atoms with Crippen LogP contribution in [0.4, 0.5) is 11.4 Å². The van der Waals surface area contributed by atoms with Gasteiger partial charge in [0.25, 0.3) is 0 Å². The molecule has 0 aliphatic carbocycles. The number of anilines is 2. The number of hydrogen-bond acceptors (Lipinski definition) is 4. The molecule has 4 nitrogen and oxygen atoms in total. The number of benzene rings is 2. The van der Waals surface area contributed by atoms with Crippen LogP contribution >= 0.6 is 23.2 Å². The van der Waals surface area contributed by atoms with E-state index in [0.29, 0.717) is 28.8 Å². The lowest BCUT2D eigenvalue weighted by atomic mass is 10.1. The Labute approximate surface area is 144 Å². The van der Waals surface area contributed by atoms with E-state index in [0.717, 1.165) is 29.9 Å². The minimum Gasteiger partial charge on any atom is -0.508 e. The summed E-state index contributed by atoms with van der Waals surface area (Å²) < 4.78 is 5.47. The van der Waals surface area contributed by atoms with Crippen LogP contribution in [0, 0.1) is 11.3 Å². The second kappa shape index (κ2) is 6.57. The van der Waals surface area contributed by atoms with E-state index < -0.39 is 0 Å². The molecule has 118 valence electrons. The molecule has 0 saturated carbocycles. The molecule has 2 aromatic carbocycles. The number of aromatic hydroxyl groups is 1. The minimum atomic E-state index is 0.256. The van der Waals surface area contributed by atoms with Crippen molar-refractivity contribution in [2.24, 2.45) is 0 Å². The molecule has 0 radical (unpaired) electrons. The zero-order valence-corrected chi connectivity index (χ0v) is 13.7. The monoisotopic (exact) mass is 348 g/mol. The van der Waals surface area contributed by atoms with Crippen molar-refractivity contribution in [3.8, 4) is 17.6 Å². The van der Waals surface area contributed by atoms with Crippen molar-refractivity contribution in [3.05, 3.63) is 46.5 Å². The Kier molecular flexibility index (Phi) is 4.51. The summed E-state index contributed by atoms with van der Waals surface area (Å²) in [5.74, 6) is 0.946. The average Bonchev–Trinajstić information content (AvgIpc) is 2.96. The van der Waals surface area contributed by atoms with E-state index in [1.54, 1.807) is 24.3 Å². The van der Waals surface area contributed by atoms with Crippen LogP contribution < -0.4 is 9.64 Å². The summed E-state index contributed by atoms with van der Waals surface area (Å²) in [6.07, 6.45) is 0.827. The molecule has 1 aliphatic heterocycles. The average molecular weight is 349 g/mol. The Morgan fingerprint density at radius 3 is 2.87 bits per heavy atom. The molecule has 0 fully saturated rings. The highest BCUT2D eigenvalue weighted by Crippen LogP contribution is 2.40. The smallest absolute Gasteiger partial charge is 0.155 e. The molecular formula is C17H14Cl2N2O2. The molecular weight excluding hydrogens is 335 g/mol. The van der Waals surface area contributed by atoms with E-state index in [9.17, 15) is 10.4 Å². The predicted molar refractivity (Wildman–Crippen MR) is 91.2 cm³/mol. The lowest BCUT2D eigenvalue weighted by molar-refractivity contribution is 0.342. The normalized spacial score (nSPS) is 12.8. The van der Waals surface area contributed by atoms with Gasteiger partial charge in [-0.2, -0.15) is 5.26 Å². The Hall–Kier alpha value is -2.09. The lowest BCUT2D eigenvalue weighted by Crippen LogP contribution is -2.13. The van der Waals surface area contributed by atoms with Crippen molar-refractivity contribution in [2.75, 3.05) is 23.9 Å². The number of alkyl halides is 1. The molecule has 0 bridgehead atoms. The molecule has 6 heteroatoms. The number of halogens is 2. The summed E-state index contributed by atoms with van der Waals surface area (Å²) in [5, 5.41) is 19.3. The quantitative estimate of drug-likeness (QED) is 0.840. The van der Waals surface area contributed by atoms with E-state index in [-0.39, 0.29) is 5.75 Å². The van der Waals surface area contributed by atoms with Crippen LogP contribution in [0.1, 0.15) is 11.1 Å². The van der Waals surface area contributed by atoms with Gasteiger partial charge in [0.2, 0.25) is 0 Å². The second-order valence-electron chi connectivity index (χ2n) is 5.17. The number of phenols is 1. The van der Waals surface area contributed by atoms with Gasteiger partial charge in [-0.25, -0.2) is 0 Å². The molecule has 0 spiro atoms. The van der Waals surface area contributed by atoms with Gasteiger partial charge in [0.1, 0.15) is 18.4 Å². The van der Waals surface area contributed by atoms with Crippen molar-refractivity contribution in [1.82, 2.24) is 0 Å². The Balaban J connectivity index is 2.00. The van der Waals surface area contributed by atoms with Crippen LogP contribution in [0.5, 0.6) is 11.5 Å². The third-order valence-corrected chi connectivity index (χ3v) is 4.18. The summed E-state index contributed by atoms with van der Waals surface area (Å²) >= 11 is 11.9. The Morgan fingerprint density at radius 2 is 2.13 bits per heavy atom. The van der Waals surface area contributed by atoms with E-state index in [1.165, 1.54) is 0 Å². The molecule has 0 amide bonds. The standard InChI is InChI=1S/C17H14Cl2N2O2/c18-4-6-23-17-12(10-20)7-13(9-15(17)19)21-5-3-11-8-14(22)1-2-16(11)21/h1-2,7-9,22H,3-6H2. The molecule has 3 rings (SSSR count). The fraction of sp³-hybridized carbons (Fsp3) is 0.235. The molecule has 0 saturated heterocycles. The molecule has 1 heterocycles. The highest BCUT2D eigenvalue weighted by molar-refractivity contribution is 6.32. The van der Waals surface area contributed by atoms with Crippen molar-refractivity contribution in [2.45, 2.75) is 6.42 Å². The van der Waals surface area contributed by atoms with Gasteiger partial charge >= 0.3 is 0 Å². The fourth-order valence-corrected chi connectivity index (χ4v) is 3.11. The topological polar surface area (TPSA) is 56.5 Å². The maximum absolute atomic E-state index is 9.59. The van der Waals surface area contributed by atoms with Crippen LogP contribution in [0.2, 0.25) is 5.02 Å². The maximum atomic E-state index is 9.59. The van der Waals surface area contributed by atoms with E-state index >= 15 is 0 Å². The van der Waals surface area contributed by atoms with Crippen molar-refractivity contribution in [3.63, 3.8) is 0 Å². The molecule has 1 aliphatic rings. The molecule has 2 aromatic rings. The first kappa shape index (κ1) is 15.8. The van der Waals surface area contributed by atoms with Crippen LogP contribution in [-0.2, 0) is 6.42 Å². The third-order valence-electron chi connectivity index (χ3n) is 3.74. The Morgan fingerprint density at radius 1 is 1.30 bits per heavy atom. The van der Waals surface area contributed by atoms with Gasteiger partial charge in [-0.15, -0.1) is 11.6 Å². The highest BCUT2D eigenvalue weighted by atomic mass is 35.5. The first-order chi connectivity index (χ1) is 11.1. The number of phenolic OH excluding ortho intramolecular Hbond substituents is 1. The van der Waals surface area contributed by atoms with Crippen LogP contribution in [0.25, 0.3) is 0 Å². The fourth-order valence-electron chi connectivity index (χ4n) is 2.76. The maximum Gasteiger partial charge on any atom is 0.155 e. The summed E-state index contributed by atoms with van der Waals surface area (Å²) in [6, 6.07) is 11.0. The van der Waals surface area contributed by atoms with Crippen LogP contribution in [0.15, 0.2) is 30.3 Å². The van der Waals surface area contributed by atoms with Crippen molar-refractivity contribution < 1.29 is 9.84 Å². The number of fused-ring (bicyclic) bond motifs is 1. The number of nitriles is 1. The van der Waals surface area contributed by atoms with E-state index in [4.69, 9.17) is 27.9 Å². The van der Waals surface area contributed by atoms with E-state index in [2.05, 4.69) is 11.0 Å². The summed E-state index contributed by atoms with van der Waals surface area (Å²) in [4.78, 5) is 2.08. The predicted octanol–water partition coefficient (Wildman–Crippen LogP) is 4.23. The van der Waals surface area contributed by atoms with Crippen molar-refractivity contribution in [1.29, 1.82) is 5.26 Å². The van der Waals surface area contributed by atoms with Gasteiger partial charge in [-0.05, 0) is 42.3 Å². The SMILES string of the molecule is N#Cc1cc(N2CCc3cc(O)ccc32)cc(Cl)c1OCCCl. The first-order valence-electron chi connectivity index (χ1n) is 7.16. The van der Waals surface area contributed by atoms with Crippen LogP contribution in [-0.4, -0.2) is 24.1 Å². The zero-order valence-electron chi connectivity index (χ0n) is 12.2. The second-order valence-corrected chi connectivity index (χ2v) is 5.95. The van der Waals surface area contributed by atoms with Gasteiger partial charge < -0.3 is 14.7 Å². The highest BCUT2D eigenvalue weighted by Gasteiger charge is 2.23. The number of nitrogens with zero attached hydrogens (tertiary/aromatic N) is 2.